The number of nitrogens with zero attached hydrogens (tertiary/aromatic N) is 2. The number of hydrogen-bond donors (Lipinski definition) is 0. The number of sulfonamides is 1. The van der Waals surface area contributed by atoms with Gasteiger partial charge in [0.05, 0.1) is 20.5 Å². The van der Waals surface area contributed by atoms with Gasteiger partial charge in [-0.3, -0.25) is 4.98 Å². The number of pyridine rings is 1. The smallest absolute Gasteiger partial charge is 0.243 e. The zero-order valence-electron chi connectivity index (χ0n) is 15.1. The summed E-state index contributed by atoms with van der Waals surface area (Å²) in [7, 11) is -7.18. The SMILES string of the molecule is Cc1ccc(S(=O)(=O)N2CCC[C@@H](c3ncc(Cl)cc3S(C)(=O)=O)C2)cc1. The molecule has 1 fully saturated rings. The van der Waals surface area contributed by atoms with E-state index in [1.54, 1.807) is 24.3 Å². The molecule has 1 aliphatic heterocycles. The minimum Gasteiger partial charge on any atom is -0.258 e. The van der Waals surface area contributed by atoms with E-state index in [9.17, 15) is 16.8 Å². The molecule has 0 aliphatic carbocycles. The maximum absolute atomic E-state index is 13.0. The highest BCUT2D eigenvalue weighted by Crippen LogP contribution is 2.33. The molecule has 6 nitrogen and oxygen atoms in total. The van der Waals surface area contributed by atoms with Gasteiger partial charge < -0.3 is 0 Å². The normalized spacial score (nSPS) is 19.1. The van der Waals surface area contributed by atoms with Gasteiger partial charge in [0.25, 0.3) is 0 Å². The molecule has 0 spiro atoms. The Bertz CT molecular complexity index is 1050. The number of halogens is 1. The Kier molecular flexibility index (Phi) is 5.63. The second-order valence-electron chi connectivity index (χ2n) is 6.82. The predicted octanol–water partition coefficient (Wildman–Crippen LogP) is 3.02. The quantitative estimate of drug-likeness (QED) is 0.747. The van der Waals surface area contributed by atoms with Gasteiger partial charge in [-0.05, 0) is 38.0 Å². The van der Waals surface area contributed by atoms with Crippen molar-refractivity contribution in [2.75, 3.05) is 19.3 Å². The molecule has 2 aromatic rings. The third kappa shape index (κ3) is 4.34. The van der Waals surface area contributed by atoms with Crippen LogP contribution in [-0.2, 0) is 19.9 Å². The van der Waals surface area contributed by atoms with E-state index in [2.05, 4.69) is 4.98 Å². The molecule has 1 atom stereocenters. The van der Waals surface area contributed by atoms with Gasteiger partial charge in [0.1, 0.15) is 0 Å². The first-order chi connectivity index (χ1) is 12.6. The molecule has 1 saturated heterocycles. The van der Waals surface area contributed by atoms with Crippen LogP contribution in [0.5, 0.6) is 0 Å². The average Bonchev–Trinajstić information content (AvgIpc) is 2.61. The fraction of sp³-hybridized carbons (Fsp3) is 0.389. The third-order valence-corrected chi connectivity index (χ3v) is 7.89. The second kappa shape index (κ2) is 7.50. The van der Waals surface area contributed by atoms with E-state index in [-0.39, 0.29) is 27.3 Å². The fourth-order valence-electron chi connectivity index (χ4n) is 3.28. The predicted molar refractivity (Wildman–Crippen MR) is 104 cm³/mol. The maximum atomic E-state index is 13.0. The summed E-state index contributed by atoms with van der Waals surface area (Å²) in [4.78, 5) is 4.54. The first kappa shape index (κ1) is 20.3. The Morgan fingerprint density at radius 2 is 1.81 bits per heavy atom. The standard InChI is InChI=1S/C18H21ClN2O4S2/c1-13-5-7-16(8-6-13)27(24,25)21-9-3-4-14(12-21)18-17(26(2,22)23)10-15(19)11-20-18/h5-8,10-11,14H,3-4,9,12H2,1-2H3/t14-/m1/s1. The van der Waals surface area contributed by atoms with E-state index in [4.69, 9.17) is 11.6 Å². The number of aromatic nitrogens is 1. The van der Waals surface area contributed by atoms with Gasteiger partial charge in [-0.25, -0.2) is 16.8 Å². The van der Waals surface area contributed by atoms with Gasteiger partial charge in [0.2, 0.25) is 10.0 Å². The van der Waals surface area contributed by atoms with Crippen LogP contribution in [0.25, 0.3) is 0 Å². The summed E-state index contributed by atoms with van der Waals surface area (Å²) >= 11 is 5.92. The van der Waals surface area contributed by atoms with Crippen molar-refractivity contribution in [3.05, 3.63) is 52.8 Å². The second-order valence-corrected chi connectivity index (χ2v) is 11.2. The summed E-state index contributed by atoms with van der Waals surface area (Å²) in [5.41, 5.74) is 1.36. The van der Waals surface area contributed by atoms with E-state index in [1.807, 2.05) is 6.92 Å². The summed E-state index contributed by atoms with van der Waals surface area (Å²) in [5.74, 6) is -0.305. The first-order valence-corrected chi connectivity index (χ1v) is 12.2. The number of rotatable bonds is 4. The molecule has 0 radical (unpaired) electrons. The molecule has 1 aliphatic rings. The van der Waals surface area contributed by atoms with Crippen LogP contribution in [0.3, 0.4) is 0 Å². The number of benzene rings is 1. The fourth-order valence-corrected chi connectivity index (χ4v) is 5.96. The van der Waals surface area contributed by atoms with Crippen molar-refractivity contribution in [2.24, 2.45) is 0 Å². The lowest BCUT2D eigenvalue weighted by Gasteiger charge is -2.32. The van der Waals surface area contributed by atoms with Crippen molar-refractivity contribution in [3.8, 4) is 0 Å². The molecular weight excluding hydrogens is 408 g/mol. The van der Waals surface area contributed by atoms with Crippen LogP contribution in [0.15, 0.2) is 46.3 Å². The largest absolute Gasteiger partial charge is 0.258 e. The maximum Gasteiger partial charge on any atom is 0.243 e. The highest BCUT2D eigenvalue weighted by Gasteiger charge is 2.33. The average molecular weight is 429 g/mol. The van der Waals surface area contributed by atoms with Crippen molar-refractivity contribution in [1.82, 2.24) is 9.29 Å². The number of hydrogen-bond acceptors (Lipinski definition) is 5. The summed E-state index contributed by atoms with van der Waals surface area (Å²) in [6.45, 7) is 2.48. The highest BCUT2D eigenvalue weighted by atomic mass is 35.5. The molecule has 1 aromatic carbocycles. The van der Waals surface area contributed by atoms with E-state index in [1.165, 1.54) is 16.6 Å². The van der Waals surface area contributed by atoms with Gasteiger partial charge in [0, 0.05) is 31.5 Å². The number of sulfone groups is 1. The van der Waals surface area contributed by atoms with Crippen molar-refractivity contribution in [1.29, 1.82) is 0 Å². The third-order valence-electron chi connectivity index (χ3n) is 4.68. The van der Waals surface area contributed by atoms with E-state index >= 15 is 0 Å². The lowest BCUT2D eigenvalue weighted by molar-refractivity contribution is 0.310. The molecule has 2 heterocycles. The molecule has 1 aromatic heterocycles. The molecule has 0 bridgehead atoms. The minimum atomic E-state index is -3.65. The molecule has 0 unspecified atom stereocenters. The van der Waals surface area contributed by atoms with E-state index < -0.39 is 19.9 Å². The summed E-state index contributed by atoms with van der Waals surface area (Å²) in [6, 6.07) is 8.09. The Morgan fingerprint density at radius 3 is 2.44 bits per heavy atom. The monoisotopic (exact) mass is 428 g/mol. The molecular formula is C18H21ClN2O4S2. The summed E-state index contributed by atoms with van der Waals surface area (Å²) in [5, 5.41) is 0.235. The van der Waals surface area contributed by atoms with Crippen molar-refractivity contribution in [2.45, 2.75) is 35.5 Å². The van der Waals surface area contributed by atoms with Gasteiger partial charge in [-0.15, -0.1) is 0 Å². The number of aryl methyl sites for hydroxylation is 1. The minimum absolute atomic E-state index is 0.0644. The summed E-state index contributed by atoms with van der Waals surface area (Å²) < 4.78 is 51.7. The first-order valence-electron chi connectivity index (χ1n) is 8.51. The Labute approximate surface area is 165 Å². The van der Waals surface area contributed by atoms with E-state index in [0.29, 0.717) is 25.1 Å². The van der Waals surface area contributed by atoms with Crippen LogP contribution < -0.4 is 0 Å². The number of piperidine rings is 1. The lowest BCUT2D eigenvalue weighted by Crippen LogP contribution is -2.39. The van der Waals surface area contributed by atoms with Crippen molar-refractivity contribution in [3.63, 3.8) is 0 Å². The van der Waals surface area contributed by atoms with Crippen LogP contribution in [0.1, 0.15) is 30.0 Å². The van der Waals surface area contributed by atoms with Crippen molar-refractivity contribution >= 4 is 31.5 Å². The van der Waals surface area contributed by atoms with E-state index in [0.717, 1.165) is 11.8 Å². The van der Waals surface area contributed by atoms with Gasteiger partial charge in [0.15, 0.2) is 9.84 Å². The molecule has 0 amide bonds. The van der Waals surface area contributed by atoms with Crippen molar-refractivity contribution < 1.29 is 16.8 Å². The molecule has 9 heteroatoms. The molecule has 146 valence electrons. The van der Waals surface area contributed by atoms with Crippen LogP contribution in [0.4, 0.5) is 0 Å². The Morgan fingerprint density at radius 1 is 1.15 bits per heavy atom. The van der Waals surface area contributed by atoms with Gasteiger partial charge in [-0.1, -0.05) is 29.3 Å². The van der Waals surface area contributed by atoms with Crippen LogP contribution >= 0.6 is 11.6 Å². The van der Waals surface area contributed by atoms with Crippen LogP contribution in [0, 0.1) is 6.92 Å². The molecule has 3 rings (SSSR count). The molecule has 0 saturated carbocycles. The zero-order valence-corrected chi connectivity index (χ0v) is 17.5. The van der Waals surface area contributed by atoms with Crippen LogP contribution in [0.2, 0.25) is 5.02 Å². The summed E-state index contributed by atoms with van der Waals surface area (Å²) in [6.07, 6.45) is 3.80. The van der Waals surface area contributed by atoms with Crippen LogP contribution in [-0.4, -0.2) is 45.5 Å². The Balaban J connectivity index is 1.95. The molecule has 27 heavy (non-hydrogen) atoms. The zero-order chi connectivity index (χ0) is 19.8. The van der Waals surface area contributed by atoms with Gasteiger partial charge >= 0.3 is 0 Å². The Hall–Kier alpha value is -1.48. The molecule has 0 N–H and O–H groups in total. The lowest BCUT2D eigenvalue weighted by atomic mass is 9.95. The van der Waals surface area contributed by atoms with Gasteiger partial charge in [-0.2, -0.15) is 4.31 Å². The highest BCUT2D eigenvalue weighted by molar-refractivity contribution is 7.90. The topological polar surface area (TPSA) is 84.4 Å².